The number of hydrogen-bond acceptors (Lipinski definition) is 6. The first-order chi connectivity index (χ1) is 18.9. The van der Waals surface area contributed by atoms with E-state index < -0.39 is 18.1 Å². The number of esters is 1. The van der Waals surface area contributed by atoms with Gasteiger partial charge in [0.05, 0.1) is 25.7 Å². The van der Waals surface area contributed by atoms with Crippen LogP contribution in [0.2, 0.25) is 0 Å². The molecule has 0 aromatic heterocycles. The number of ether oxygens (including phenoxy) is 2. The van der Waals surface area contributed by atoms with Crippen molar-refractivity contribution in [1.29, 1.82) is 0 Å². The van der Waals surface area contributed by atoms with Crippen molar-refractivity contribution in [2.75, 3.05) is 20.3 Å². The summed E-state index contributed by atoms with van der Waals surface area (Å²) in [4.78, 5) is 37.3. The Hall–Kier alpha value is -2.45. The van der Waals surface area contributed by atoms with Gasteiger partial charge in [-0.2, -0.15) is 0 Å². The molecule has 218 valence electrons. The number of nitrogens with one attached hydrogen (secondary N) is 2. The second-order valence-corrected chi connectivity index (χ2v) is 11.3. The number of aliphatic hydroxyl groups excluding tert-OH is 1. The summed E-state index contributed by atoms with van der Waals surface area (Å²) in [5.41, 5.74) is 0.995. The molecule has 1 aromatic rings. The van der Waals surface area contributed by atoms with E-state index in [1.54, 1.807) is 0 Å². The maximum atomic E-state index is 13.1. The van der Waals surface area contributed by atoms with Crippen LogP contribution < -0.4 is 10.6 Å². The fourth-order valence-electron chi connectivity index (χ4n) is 5.86. The molecular weight excluding hydrogens is 496 g/mol. The first kappa shape index (κ1) is 31.1. The minimum Gasteiger partial charge on any atom is -0.469 e. The Morgan fingerprint density at radius 3 is 2.41 bits per heavy atom. The van der Waals surface area contributed by atoms with Crippen molar-refractivity contribution in [3.05, 3.63) is 35.9 Å². The van der Waals surface area contributed by atoms with Crippen LogP contribution in [0.4, 0.5) is 0 Å². The standard InChI is InChI=1S/C31H48N2O6/c1-38-30(36)16-15-29(35)33-27(21-24-11-6-3-7-12-24)28(34)22-26(14-8-13-23-9-4-2-5-10-23)32-31(37)25-17-19-39-20-18-25/h3,6-7,11-12,23,25-28,34H,2,4-5,8-10,13-22H2,1H3,(H,32,37)(H,33,35)/t26?,27?,28-/m0/s1. The average molecular weight is 545 g/mol. The Morgan fingerprint density at radius 1 is 1.00 bits per heavy atom. The summed E-state index contributed by atoms with van der Waals surface area (Å²) in [6.07, 6.45) is 10.9. The molecule has 2 unspecified atom stereocenters. The molecule has 8 nitrogen and oxygen atoms in total. The number of benzene rings is 1. The van der Waals surface area contributed by atoms with Gasteiger partial charge in [0.25, 0.3) is 0 Å². The molecule has 1 saturated carbocycles. The van der Waals surface area contributed by atoms with Crippen LogP contribution in [0.15, 0.2) is 30.3 Å². The second-order valence-electron chi connectivity index (χ2n) is 11.3. The molecule has 2 fully saturated rings. The number of amides is 2. The third-order valence-electron chi connectivity index (χ3n) is 8.25. The van der Waals surface area contributed by atoms with E-state index in [2.05, 4.69) is 15.4 Å². The molecule has 0 bridgehead atoms. The van der Waals surface area contributed by atoms with Gasteiger partial charge in [0, 0.05) is 31.6 Å². The van der Waals surface area contributed by atoms with Gasteiger partial charge in [-0.3, -0.25) is 14.4 Å². The van der Waals surface area contributed by atoms with Crippen LogP contribution >= 0.6 is 0 Å². The largest absolute Gasteiger partial charge is 0.469 e. The van der Waals surface area contributed by atoms with Gasteiger partial charge < -0.3 is 25.2 Å². The fourth-order valence-corrected chi connectivity index (χ4v) is 5.86. The Morgan fingerprint density at radius 2 is 1.72 bits per heavy atom. The molecule has 3 N–H and O–H groups in total. The van der Waals surface area contributed by atoms with Crippen LogP contribution in [0.1, 0.15) is 89.0 Å². The van der Waals surface area contributed by atoms with Gasteiger partial charge in [-0.05, 0) is 43.6 Å². The number of aliphatic hydroxyl groups is 1. The highest BCUT2D eigenvalue weighted by Crippen LogP contribution is 2.28. The van der Waals surface area contributed by atoms with Gasteiger partial charge in [0.2, 0.25) is 11.8 Å². The topological polar surface area (TPSA) is 114 Å². The van der Waals surface area contributed by atoms with E-state index in [4.69, 9.17) is 4.74 Å². The quantitative estimate of drug-likeness (QED) is 0.287. The lowest BCUT2D eigenvalue weighted by atomic mass is 9.85. The van der Waals surface area contributed by atoms with E-state index in [0.29, 0.717) is 26.1 Å². The van der Waals surface area contributed by atoms with Gasteiger partial charge in [-0.1, -0.05) is 75.3 Å². The van der Waals surface area contributed by atoms with Crippen molar-refractivity contribution in [3.8, 4) is 0 Å². The normalized spacial score (nSPS) is 19.0. The number of carbonyl (C=O) groups is 3. The van der Waals surface area contributed by atoms with Crippen LogP contribution in [0.3, 0.4) is 0 Å². The lowest BCUT2D eigenvalue weighted by Gasteiger charge is -2.30. The van der Waals surface area contributed by atoms with Crippen LogP contribution in [0.25, 0.3) is 0 Å². The average Bonchev–Trinajstić information content (AvgIpc) is 2.97. The van der Waals surface area contributed by atoms with E-state index in [0.717, 1.165) is 43.6 Å². The summed E-state index contributed by atoms with van der Waals surface area (Å²) in [6.45, 7) is 1.20. The van der Waals surface area contributed by atoms with E-state index >= 15 is 0 Å². The molecular formula is C31H48N2O6. The van der Waals surface area contributed by atoms with E-state index in [9.17, 15) is 19.5 Å². The van der Waals surface area contributed by atoms with Crippen molar-refractivity contribution < 1.29 is 29.0 Å². The molecule has 2 aliphatic rings. The first-order valence-electron chi connectivity index (χ1n) is 14.9. The summed E-state index contributed by atoms with van der Waals surface area (Å²) in [5, 5.41) is 17.6. The van der Waals surface area contributed by atoms with Crippen molar-refractivity contribution in [1.82, 2.24) is 10.6 Å². The number of methoxy groups -OCH3 is 1. The van der Waals surface area contributed by atoms with Gasteiger partial charge in [-0.25, -0.2) is 0 Å². The van der Waals surface area contributed by atoms with Gasteiger partial charge in [0.1, 0.15) is 0 Å². The lowest BCUT2D eigenvalue weighted by Crippen LogP contribution is -2.49. The Kier molecular flexibility index (Phi) is 13.8. The molecule has 3 atom stereocenters. The molecule has 39 heavy (non-hydrogen) atoms. The fraction of sp³-hybridized carbons (Fsp3) is 0.710. The zero-order valence-corrected chi connectivity index (χ0v) is 23.6. The third-order valence-corrected chi connectivity index (χ3v) is 8.25. The van der Waals surface area contributed by atoms with Crippen LogP contribution in [0, 0.1) is 11.8 Å². The molecule has 8 heteroatoms. The Bertz CT molecular complexity index is 867. The van der Waals surface area contributed by atoms with Crippen molar-refractivity contribution in [2.24, 2.45) is 11.8 Å². The molecule has 1 aliphatic carbocycles. The lowest BCUT2D eigenvalue weighted by molar-refractivity contribution is -0.142. The maximum absolute atomic E-state index is 13.1. The highest BCUT2D eigenvalue weighted by molar-refractivity contribution is 5.81. The zero-order valence-electron chi connectivity index (χ0n) is 23.6. The summed E-state index contributed by atoms with van der Waals surface area (Å²) in [6, 6.07) is 9.00. The summed E-state index contributed by atoms with van der Waals surface area (Å²) in [7, 11) is 1.30. The minimum atomic E-state index is -0.859. The smallest absolute Gasteiger partial charge is 0.306 e. The summed E-state index contributed by atoms with van der Waals surface area (Å²) in [5.74, 6) is -0.0140. The number of hydrogen-bond donors (Lipinski definition) is 3. The SMILES string of the molecule is COC(=O)CCC(=O)NC(Cc1ccccc1)[C@@H](O)CC(CCCC1CCCCC1)NC(=O)C1CCOCC1. The van der Waals surface area contributed by atoms with Crippen LogP contribution in [-0.2, 0) is 30.3 Å². The predicted molar refractivity (Wildman–Crippen MR) is 150 cm³/mol. The van der Waals surface area contributed by atoms with Gasteiger partial charge >= 0.3 is 5.97 Å². The highest BCUT2D eigenvalue weighted by Gasteiger charge is 2.29. The zero-order chi connectivity index (χ0) is 27.9. The molecule has 0 radical (unpaired) electrons. The molecule has 1 aliphatic heterocycles. The van der Waals surface area contributed by atoms with E-state index in [1.807, 2.05) is 30.3 Å². The number of carbonyl (C=O) groups excluding carboxylic acids is 3. The monoisotopic (exact) mass is 544 g/mol. The van der Waals surface area contributed by atoms with Gasteiger partial charge in [0.15, 0.2) is 0 Å². The van der Waals surface area contributed by atoms with Gasteiger partial charge in [-0.15, -0.1) is 0 Å². The molecule has 1 heterocycles. The van der Waals surface area contributed by atoms with E-state index in [1.165, 1.54) is 39.2 Å². The molecule has 1 aromatic carbocycles. The third kappa shape index (κ3) is 11.7. The van der Waals surface area contributed by atoms with Crippen molar-refractivity contribution >= 4 is 17.8 Å². The van der Waals surface area contributed by atoms with Crippen LogP contribution in [-0.4, -0.2) is 61.4 Å². The minimum absolute atomic E-state index is 0.00398. The molecule has 1 saturated heterocycles. The maximum Gasteiger partial charge on any atom is 0.306 e. The van der Waals surface area contributed by atoms with Crippen LogP contribution in [0.5, 0.6) is 0 Å². The van der Waals surface area contributed by atoms with Crippen molar-refractivity contribution in [3.63, 3.8) is 0 Å². The highest BCUT2D eigenvalue weighted by atomic mass is 16.5. The van der Waals surface area contributed by atoms with Crippen molar-refractivity contribution in [2.45, 2.75) is 108 Å². The summed E-state index contributed by atoms with van der Waals surface area (Å²) >= 11 is 0. The molecule has 3 rings (SSSR count). The number of rotatable bonds is 15. The van der Waals surface area contributed by atoms with E-state index in [-0.39, 0.29) is 36.6 Å². The Balaban J connectivity index is 1.64. The predicted octanol–water partition coefficient (Wildman–Crippen LogP) is 4.08. The molecule has 2 amide bonds. The first-order valence-corrected chi connectivity index (χ1v) is 14.9. The summed E-state index contributed by atoms with van der Waals surface area (Å²) < 4.78 is 10.1. The second kappa shape index (κ2) is 17.3. The molecule has 0 spiro atoms. The Labute approximate surface area is 233 Å².